The van der Waals surface area contributed by atoms with E-state index in [0.29, 0.717) is 39.6 Å². The fraction of sp³-hybridized carbons (Fsp3) is 0.115. The quantitative estimate of drug-likeness (QED) is 0.559. The van der Waals surface area contributed by atoms with Gasteiger partial charge in [-0.25, -0.2) is 0 Å². The first kappa shape index (κ1) is 21.1. The van der Waals surface area contributed by atoms with Gasteiger partial charge in [-0.2, -0.15) is 0 Å². The van der Waals surface area contributed by atoms with Gasteiger partial charge in [-0.1, -0.05) is 42.5 Å². The average Bonchev–Trinajstić information content (AvgIpc) is 2.80. The molecule has 0 saturated heterocycles. The van der Waals surface area contributed by atoms with Crippen molar-refractivity contribution in [3.63, 3.8) is 0 Å². The molecule has 2 aromatic carbocycles. The van der Waals surface area contributed by atoms with Crippen LogP contribution in [0, 0.1) is 0 Å². The van der Waals surface area contributed by atoms with Crippen molar-refractivity contribution in [3.8, 4) is 0 Å². The Bertz CT molecular complexity index is 1110. The summed E-state index contributed by atoms with van der Waals surface area (Å²) in [5.41, 5.74) is 4.26. The Morgan fingerprint density at radius 3 is 1.62 bits per heavy atom. The van der Waals surface area contributed by atoms with Crippen LogP contribution in [0.25, 0.3) is 0 Å². The summed E-state index contributed by atoms with van der Waals surface area (Å²) in [5, 5.41) is 9.12. The van der Waals surface area contributed by atoms with Crippen molar-refractivity contribution in [2.45, 2.75) is 19.8 Å². The SMILES string of the molecule is CC1=C(C(=O)Nc2ccccc2)C(c2ccccn2)C(C(=O)Nc2ccccc2)=C(C)N1. The summed E-state index contributed by atoms with van der Waals surface area (Å²) in [7, 11) is 0. The molecule has 1 aromatic heterocycles. The van der Waals surface area contributed by atoms with Crippen LogP contribution in [-0.4, -0.2) is 16.8 Å². The van der Waals surface area contributed by atoms with Crippen LogP contribution < -0.4 is 16.0 Å². The molecular weight excluding hydrogens is 400 g/mol. The Kier molecular flexibility index (Phi) is 6.12. The van der Waals surface area contributed by atoms with E-state index in [0.717, 1.165) is 0 Å². The molecule has 2 heterocycles. The minimum Gasteiger partial charge on any atom is -0.362 e. The van der Waals surface area contributed by atoms with E-state index in [1.54, 1.807) is 6.20 Å². The number of allylic oxidation sites excluding steroid dienone is 2. The van der Waals surface area contributed by atoms with Crippen LogP contribution in [0.4, 0.5) is 11.4 Å². The third-order valence-electron chi connectivity index (χ3n) is 5.30. The van der Waals surface area contributed by atoms with E-state index in [1.807, 2.05) is 92.7 Å². The number of anilines is 2. The smallest absolute Gasteiger partial charge is 0.254 e. The van der Waals surface area contributed by atoms with Crippen LogP contribution in [0.5, 0.6) is 0 Å². The number of hydrogen-bond donors (Lipinski definition) is 3. The number of aromatic nitrogens is 1. The summed E-state index contributed by atoms with van der Waals surface area (Å²) in [6.07, 6.45) is 1.67. The predicted molar refractivity (Wildman–Crippen MR) is 126 cm³/mol. The van der Waals surface area contributed by atoms with E-state index in [4.69, 9.17) is 0 Å². The zero-order valence-corrected chi connectivity index (χ0v) is 17.9. The van der Waals surface area contributed by atoms with Crippen LogP contribution in [-0.2, 0) is 9.59 Å². The van der Waals surface area contributed by atoms with E-state index in [9.17, 15) is 9.59 Å². The van der Waals surface area contributed by atoms with Crippen molar-refractivity contribution in [3.05, 3.63) is 113 Å². The third kappa shape index (κ3) is 4.44. The van der Waals surface area contributed by atoms with Crippen molar-refractivity contribution >= 4 is 23.2 Å². The minimum absolute atomic E-state index is 0.283. The summed E-state index contributed by atoms with van der Waals surface area (Å²) in [5.74, 6) is -1.19. The van der Waals surface area contributed by atoms with Crippen molar-refractivity contribution in [1.29, 1.82) is 0 Å². The highest BCUT2D eigenvalue weighted by atomic mass is 16.2. The minimum atomic E-state index is -0.620. The lowest BCUT2D eigenvalue weighted by Gasteiger charge is -2.30. The molecule has 0 unspecified atom stereocenters. The van der Waals surface area contributed by atoms with E-state index in [-0.39, 0.29) is 11.8 Å². The first-order valence-electron chi connectivity index (χ1n) is 10.4. The molecule has 4 rings (SSSR count). The molecule has 160 valence electrons. The summed E-state index contributed by atoms with van der Waals surface area (Å²) in [6, 6.07) is 24.0. The molecule has 1 aliphatic rings. The lowest BCUT2D eigenvalue weighted by molar-refractivity contribution is -0.113. The molecule has 32 heavy (non-hydrogen) atoms. The summed E-state index contributed by atoms with van der Waals surface area (Å²) in [6.45, 7) is 3.68. The standard InChI is InChI=1S/C26H24N4O2/c1-17-22(25(31)29-19-11-5-3-6-12-19)24(21-15-9-10-16-27-21)23(18(2)28-17)26(32)30-20-13-7-4-8-14-20/h3-16,24,28H,1-2H3,(H,29,31)(H,30,32). The van der Waals surface area contributed by atoms with Gasteiger partial charge in [-0.3, -0.25) is 14.6 Å². The number of rotatable bonds is 5. The van der Waals surface area contributed by atoms with Gasteiger partial charge in [-0.05, 0) is 50.2 Å². The lowest BCUT2D eigenvalue weighted by Crippen LogP contribution is -2.35. The van der Waals surface area contributed by atoms with Crippen LogP contribution in [0.3, 0.4) is 0 Å². The van der Waals surface area contributed by atoms with Crippen molar-refractivity contribution < 1.29 is 9.59 Å². The normalized spacial score (nSPS) is 14.1. The molecule has 0 radical (unpaired) electrons. The first-order valence-corrected chi connectivity index (χ1v) is 10.4. The van der Waals surface area contributed by atoms with Crippen LogP contribution in [0.15, 0.2) is 108 Å². The van der Waals surface area contributed by atoms with Crippen LogP contribution >= 0.6 is 0 Å². The molecule has 0 saturated carbocycles. The molecule has 3 N–H and O–H groups in total. The van der Waals surface area contributed by atoms with Gasteiger partial charge in [0.2, 0.25) is 0 Å². The van der Waals surface area contributed by atoms with Gasteiger partial charge in [0.15, 0.2) is 0 Å². The van der Waals surface area contributed by atoms with E-state index >= 15 is 0 Å². The molecule has 0 aliphatic carbocycles. The second kappa shape index (κ2) is 9.31. The number of nitrogens with one attached hydrogen (secondary N) is 3. The zero-order chi connectivity index (χ0) is 22.5. The average molecular weight is 425 g/mol. The number of benzene rings is 2. The largest absolute Gasteiger partial charge is 0.362 e. The van der Waals surface area contributed by atoms with Gasteiger partial charge >= 0.3 is 0 Å². The topological polar surface area (TPSA) is 83.1 Å². The number of pyridine rings is 1. The number of amides is 2. The van der Waals surface area contributed by atoms with Gasteiger partial charge in [0, 0.05) is 40.1 Å². The van der Waals surface area contributed by atoms with Crippen molar-refractivity contribution in [1.82, 2.24) is 10.3 Å². The monoisotopic (exact) mass is 424 g/mol. The van der Waals surface area contributed by atoms with Gasteiger partial charge in [0.05, 0.1) is 11.6 Å². The molecule has 0 bridgehead atoms. The number of carbonyl (C=O) groups is 2. The van der Waals surface area contributed by atoms with E-state index < -0.39 is 5.92 Å². The molecule has 6 heteroatoms. The van der Waals surface area contributed by atoms with Gasteiger partial charge in [-0.15, -0.1) is 0 Å². The first-order chi connectivity index (χ1) is 15.5. The number of nitrogens with zero attached hydrogens (tertiary/aromatic N) is 1. The molecule has 2 amide bonds. The molecule has 0 atom stereocenters. The Labute approximate surface area is 187 Å². The van der Waals surface area contributed by atoms with Gasteiger partial charge in [0.1, 0.15) is 0 Å². The maximum atomic E-state index is 13.4. The maximum Gasteiger partial charge on any atom is 0.254 e. The highest BCUT2D eigenvalue weighted by Crippen LogP contribution is 2.38. The second-order valence-electron chi connectivity index (χ2n) is 7.53. The second-order valence-corrected chi connectivity index (χ2v) is 7.53. The Morgan fingerprint density at radius 1 is 0.719 bits per heavy atom. The Hall–Kier alpha value is -4.19. The highest BCUT2D eigenvalue weighted by molar-refractivity contribution is 6.11. The van der Waals surface area contributed by atoms with Crippen molar-refractivity contribution in [2.75, 3.05) is 10.6 Å². The number of dihydropyridines is 1. The number of para-hydroxylation sites is 2. The Morgan fingerprint density at radius 2 is 1.19 bits per heavy atom. The highest BCUT2D eigenvalue weighted by Gasteiger charge is 2.37. The van der Waals surface area contributed by atoms with E-state index in [1.165, 1.54) is 0 Å². The lowest BCUT2D eigenvalue weighted by atomic mass is 9.81. The molecule has 3 aromatic rings. The zero-order valence-electron chi connectivity index (χ0n) is 17.9. The van der Waals surface area contributed by atoms with Crippen LogP contribution in [0.1, 0.15) is 25.5 Å². The Balaban J connectivity index is 1.74. The maximum absolute atomic E-state index is 13.4. The summed E-state index contributed by atoms with van der Waals surface area (Å²) < 4.78 is 0. The molecular formula is C26H24N4O2. The number of hydrogen-bond acceptors (Lipinski definition) is 4. The fourth-order valence-electron chi connectivity index (χ4n) is 3.88. The molecule has 0 fully saturated rings. The van der Waals surface area contributed by atoms with Crippen LogP contribution in [0.2, 0.25) is 0 Å². The molecule has 1 aliphatic heterocycles. The number of carbonyl (C=O) groups excluding carboxylic acids is 2. The predicted octanol–water partition coefficient (Wildman–Crippen LogP) is 4.59. The summed E-state index contributed by atoms with van der Waals surface area (Å²) >= 11 is 0. The van der Waals surface area contributed by atoms with Crippen molar-refractivity contribution in [2.24, 2.45) is 0 Å². The summed E-state index contributed by atoms with van der Waals surface area (Å²) in [4.78, 5) is 31.3. The molecule has 0 spiro atoms. The molecule has 6 nitrogen and oxygen atoms in total. The third-order valence-corrected chi connectivity index (χ3v) is 5.30. The van der Waals surface area contributed by atoms with Gasteiger partial charge in [0.25, 0.3) is 11.8 Å². The van der Waals surface area contributed by atoms with E-state index in [2.05, 4.69) is 20.9 Å². The fourth-order valence-corrected chi connectivity index (χ4v) is 3.88. The van der Waals surface area contributed by atoms with Gasteiger partial charge < -0.3 is 16.0 Å².